The van der Waals surface area contributed by atoms with Crippen molar-refractivity contribution in [3.63, 3.8) is 0 Å². The fourth-order valence-corrected chi connectivity index (χ4v) is 3.84. The molecule has 1 aromatic heterocycles. The first-order chi connectivity index (χ1) is 14.0. The van der Waals surface area contributed by atoms with Crippen LogP contribution in [-0.2, 0) is 4.79 Å². The highest BCUT2D eigenvalue weighted by atomic mass is 35.5. The number of carbonyl (C=O) groups is 1. The van der Waals surface area contributed by atoms with Gasteiger partial charge >= 0.3 is 5.97 Å². The molecule has 1 unspecified atom stereocenters. The number of rotatable bonds is 4. The monoisotopic (exact) mass is 416 g/mol. The van der Waals surface area contributed by atoms with E-state index in [9.17, 15) is 9.59 Å². The van der Waals surface area contributed by atoms with Crippen LogP contribution in [0, 0.1) is 0 Å². The Hall–Kier alpha value is -3.19. The Bertz CT molecular complexity index is 1180. The van der Waals surface area contributed by atoms with Crippen molar-refractivity contribution in [1.29, 1.82) is 0 Å². The summed E-state index contributed by atoms with van der Waals surface area (Å²) in [5.74, 6) is 0.733. The standard InChI is InChI=1S/C21H17ClO7/c1-25-15-7-4-10(20(26-2)21(15)27-3)12-8-16(23)29-14-6-5-11-18(24)13(22)9-28-19(11)17(12)14/h4-7,9,12H,8H2,1-3H3. The van der Waals surface area contributed by atoms with Gasteiger partial charge in [0.1, 0.15) is 22.6 Å². The number of hydrogen-bond acceptors (Lipinski definition) is 7. The summed E-state index contributed by atoms with van der Waals surface area (Å²) in [7, 11) is 4.53. The lowest BCUT2D eigenvalue weighted by Gasteiger charge is -2.27. The summed E-state index contributed by atoms with van der Waals surface area (Å²) in [6.07, 6.45) is 1.22. The predicted octanol–water partition coefficient (Wildman–Crippen LogP) is 3.91. The van der Waals surface area contributed by atoms with Crippen LogP contribution in [0.25, 0.3) is 11.0 Å². The third-order valence-corrected chi connectivity index (χ3v) is 5.21. The van der Waals surface area contributed by atoms with E-state index in [-0.39, 0.29) is 16.9 Å². The van der Waals surface area contributed by atoms with E-state index in [4.69, 9.17) is 35.0 Å². The first-order valence-corrected chi connectivity index (χ1v) is 9.11. The normalized spacial score (nSPS) is 15.6. The Morgan fingerprint density at radius 1 is 1.00 bits per heavy atom. The van der Waals surface area contributed by atoms with Gasteiger partial charge < -0.3 is 23.4 Å². The molecule has 0 spiro atoms. The third-order valence-electron chi connectivity index (χ3n) is 4.95. The third kappa shape index (κ3) is 2.98. The molecule has 3 aromatic rings. The number of halogens is 1. The molecule has 0 saturated carbocycles. The SMILES string of the molecule is COc1ccc(C2CC(=O)Oc3ccc4c(=O)c(Cl)coc4c32)c(OC)c1OC. The van der Waals surface area contributed by atoms with Crippen LogP contribution < -0.4 is 24.4 Å². The lowest BCUT2D eigenvalue weighted by Crippen LogP contribution is -2.22. The molecule has 1 aliphatic heterocycles. The van der Waals surface area contributed by atoms with Crippen LogP contribution in [0.4, 0.5) is 0 Å². The van der Waals surface area contributed by atoms with Gasteiger partial charge in [0.05, 0.1) is 33.1 Å². The molecule has 0 bridgehead atoms. The highest BCUT2D eigenvalue weighted by molar-refractivity contribution is 6.30. The minimum atomic E-state index is -0.492. The Kier molecular flexibility index (Phi) is 4.84. The number of hydrogen-bond donors (Lipinski definition) is 0. The molecule has 7 nitrogen and oxygen atoms in total. The molecular formula is C21H17ClO7. The lowest BCUT2D eigenvalue weighted by molar-refractivity contribution is -0.135. The topological polar surface area (TPSA) is 84.2 Å². The van der Waals surface area contributed by atoms with Gasteiger partial charge in [-0.05, 0) is 18.2 Å². The van der Waals surface area contributed by atoms with Gasteiger partial charge in [-0.15, -0.1) is 0 Å². The molecule has 0 fully saturated rings. The zero-order valence-electron chi connectivity index (χ0n) is 15.9. The van der Waals surface area contributed by atoms with Gasteiger partial charge in [0.25, 0.3) is 0 Å². The Morgan fingerprint density at radius 3 is 2.45 bits per heavy atom. The van der Waals surface area contributed by atoms with E-state index in [0.29, 0.717) is 45.1 Å². The number of esters is 1. The highest BCUT2D eigenvalue weighted by Crippen LogP contribution is 2.49. The van der Waals surface area contributed by atoms with Crippen LogP contribution in [0.15, 0.2) is 39.7 Å². The minimum absolute atomic E-state index is 0.0227. The number of carbonyl (C=O) groups excluding carboxylic acids is 1. The van der Waals surface area contributed by atoms with Crippen LogP contribution in [-0.4, -0.2) is 27.3 Å². The van der Waals surface area contributed by atoms with Crippen LogP contribution in [0.5, 0.6) is 23.0 Å². The van der Waals surface area contributed by atoms with Gasteiger partial charge in [-0.25, -0.2) is 0 Å². The van der Waals surface area contributed by atoms with E-state index in [2.05, 4.69) is 0 Å². The fourth-order valence-electron chi connectivity index (χ4n) is 3.70. The molecule has 1 aliphatic rings. The predicted molar refractivity (Wildman–Crippen MR) is 106 cm³/mol. The zero-order chi connectivity index (χ0) is 20.7. The van der Waals surface area contributed by atoms with Crippen molar-refractivity contribution in [2.75, 3.05) is 21.3 Å². The van der Waals surface area contributed by atoms with Gasteiger partial charge in [-0.2, -0.15) is 0 Å². The maximum Gasteiger partial charge on any atom is 0.312 e. The molecular weight excluding hydrogens is 400 g/mol. The first kappa shape index (κ1) is 19.1. The second kappa shape index (κ2) is 7.33. The Labute approximate surface area is 170 Å². The molecule has 1 atom stereocenters. The summed E-state index contributed by atoms with van der Waals surface area (Å²) in [5.41, 5.74) is 1.20. The summed E-state index contributed by atoms with van der Waals surface area (Å²) in [6, 6.07) is 6.63. The molecule has 150 valence electrons. The van der Waals surface area contributed by atoms with Crippen LogP contribution >= 0.6 is 11.6 Å². The lowest BCUT2D eigenvalue weighted by atomic mass is 9.84. The van der Waals surface area contributed by atoms with Gasteiger partial charge in [0.2, 0.25) is 11.2 Å². The first-order valence-electron chi connectivity index (χ1n) is 8.73. The molecule has 29 heavy (non-hydrogen) atoms. The second-order valence-corrected chi connectivity index (χ2v) is 6.83. The molecule has 4 rings (SSSR count). The fraction of sp³-hybridized carbons (Fsp3) is 0.238. The maximum atomic E-state index is 12.5. The highest BCUT2D eigenvalue weighted by Gasteiger charge is 2.35. The Morgan fingerprint density at radius 2 is 1.76 bits per heavy atom. The van der Waals surface area contributed by atoms with Crippen molar-refractivity contribution in [1.82, 2.24) is 0 Å². The molecule has 2 heterocycles. The zero-order valence-corrected chi connectivity index (χ0v) is 16.7. The van der Waals surface area contributed by atoms with Gasteiger partial charge in [0, 0.05) is 17.0 Å². The number of ether oxygens (including phenoxy) is 4. The van der Waals surface area contributed by atoms with Crippen LogP contribution in [0.1, 0.15) is 23.5 Å². The molecule has 0 amide bonds. The largest absolute Gasteiger partial charge is 0.493 e. The van der Waals surface area contributed by atoms with Crippen molar-refractivity contribution in [2.24, 2.45) is 0 Å². The van der Waals surface area contributed by atoms with Crippen LogP contribution in [0.2, 0.25) is 5.02 Å². The Balaban J connectivity index is 2.03. The van der Waals surface area contributed by atoms with Crippen LogP contribution in [0.3, 0.4) is 0 Å². The van der Waals surface area contributed by atoms with Crippen molar-refractivity contribution < 1.29 is 28.2 Å². The molecule has 8 heteroatoms. The average molecular weight is 417 g/mol. The number of benzene rings is 2. The van der Waals surface area contributed by atoms with E-state index < -0.39 is 11.9 Å². The summed E-state index contributed by atoms with van der Waals surface area (Å²) >= 11 is 5.93. The number of methoxy groups -OCH3 is 3. The van der Waals surface area contributed by atoms with Crippen molar-refractivity contribution in [2.45, 2.75) is 12.3 Å². The molecule has 0 radical (unpaired) electrons. The van der Waals surface area contributed by atoms with E-state index in [1.54, 1.807) is 18.2 Å². The maximum absolute atomic E-state index is 12.5. The molecule has 0 N–H and O–H groups in total. The second-order valence-electron chi connectivity index (χ2n) is 6.42. The summed E-state index contributed by atoms with van der Waals surface area (Å²) < 4.78 is 27.5. The van der Waals surface area contributed by atoms with Gasteiger partial charge in [-0.1, -0.05) is 17.7 Å². The van der Waals surface area contributed by atoms with E-state index in [1.807, 2.05) is 0 Å². The quantitative estimate of drug-likeness (QED) is 0.471. The molecule has 0 aliphatic carbocycles. The van der Waals surface area contributed by atoms with E-state index >= 15 is 0 Å². The summed E-state index contributed by atoms with van der Waals surface area (Å²) in [5, 5.41) is 0.282. The minimum Gasteiger partial charge on any atom is -0.493 e. The smallest absolute Gasteiger partial charge is 0.312 e. The molecule has 2 aromatic carbocycles. The average Bonchev–Trinajstić information content (AvgIpc) is 2.73. The van der Waals surface area contributed by atoms with Crippen molar-refractivity contribution >= 4 is 28.5 Å². The van der Waals surface area contributed by atoms with Gasteiger partial charge in [-0.3, -0.25) is 9.59 Å². The molecule has 0 saturated heterocycles. The van der Waals surface area contributed by atoms with E-state index in [1.165, 1.54) is 33.7 Å². The van der Waals surface area contributed by atoms with Crippen molar-refractivity contribution in [3.05, 3.63) is 56.9 Å². The number of fused-ring (bicyclic) bond motifs is 3. The van der Waals surface area contributed by atoms with Gasteiger partial charge in [0.15, 0.2) is 11.5 Å². The van der Waals surface area contributed by atoms with Crippen molar-refractivity contribution in [3.8, 4) is 23.0 Å². The summed E-state index contributed by atoms with van der Waals surface area (Å²) in [4.78, 5) is 24.8. The van der Waals surface area contributed by atoms with E-state index in [0.717, 1.165) is 0 Å². The summed E-state index contributed by atoms with van der Waals surface area (Å²) in [6.45, 7) is 0.